The molecule has 2 aromatic carbocycles. The minimum Gasteiger partial charge on any atom is -0.369 e. The Hall–Kier alpha value is -2.97. The van der Waals surface area contributed by atoms with Crippen LogP contribution >= 0.6 is 0 Å². The van der Waals surface area contributed by atoms with E-state index in [4.69, 9.17) is 5.21 Å². The van der Waals surface area contributed by atoms with Gasteiger partial charge < -0.3 is 4.90 Å². The molecule has 26 heavy (non-hydrogen) atoms. The molecule has 1 amide bonds. The van der Waals surface area contributed by atoms with Gasteiger partial charge in [0.25, 0.3) is 11.6 Å². The number of hydrogen-bond donors (Lipinski definition) is 2. The Morgan fingerprint density at radius 2 is 1.65 bits per heavy atom. The van der Waals surface area contributed by atoms with Gasteiger partial charge in [-0.05, 0) is 29.8 Å². The lowest BCUT2D eigenvalue weighted by Gasteiger charge is -2.36. The molecule has 1 aliphatic rings. The van der Waals surface area contributed by atoms with Crippen molar-refractivity contribution in [2.75, 3.05) is 31.1 Å². The van der Waals surface area contributed by atoms with Crippen molar-refractivity contribution in [3.8, 4) is 0 Å². The van der Waals surface area contributed by atoms with Crippen LogP contribution in [0.5, 0.6) is 0 Å². The SMILES string of the molecule is O=C(NO)c1ccc(CN2CCN(c3ccc([N+](=O)[O-])cc3)CC2)cc1. The lowest BCUT2D eigenvalue weighted by molar-refractivity contribution is -0.384. The lowest BCUT2D eigenvalue weighted by atomic mass is 10.1. The maximum absolute atomic E-state index is 11.3. The smallest absolute Gasteiger partial charge is 0.274 e. The number of amides is 1. The molecule has 0 spiro atoms. The molecule has 2 N–H and O–H groups in total. The summed E-state index contributed by atoms with van der Waals surface area (Å²) in [6, 6.07) is 13.8. The number of nitrogens with one attached hydrogen (secondary N) is 1. The first-order valence-corrected chi connectivity index (χ1v) is 8.32. The second-order valence-corrected chi connectivity index (χ2v) is 6.17. The Labute approximate surface area is 150 Å². The van der Waals surface area contributed by atoms with Gasteiger partial charge >= 0.3 is 0 Å². The number of piperazine rings is 1. The molecule has 1 aliphatic heterocycles. The normalized spacial score (nSPS) is 14.9. The van der Waals surface area contributed by atoms with Crippen molar-refractivity contribution in [2.45, 2.75) is 6.54 Å². The van der Waals surface area contributed by atoms with E-state index in [1.165, 1.54) is 12.1 Å². The van der Waals surface area contributed by atoms with Crippen molar-refractivity contribution in [3.63, 3.8) is 0 Å². The topological polar surface area (TPSA) is 99.0 Å². The number of hydroxylamine groups is 1. The number of carbonyl (C=O) groups excluding carboxylic acids is 1. The highest BCUT2D eigenvalue weighted by Crippen LogP contribution is 2.21. The summed E-state index contributed by atoms with van der Waals surface area (Å²) in [6.45, 7) is 4.26. The van der Waals surface area contributed by atoms with E-state index in [1.54, 1.807) is 29.7 Å². The first-order chi connectivity index (χ1) is 12.6. The Kier molecular flexibility index (Phi) is 5.45. The Morgan fingerprint density at radius 3 is 2.19 bits per heavy atom. The number of carbonyl (C=O) groups is 1. The molecule has 0 aliphatic carbocycles. The van der Waals surface area contributed by atoms with Crippen molar-refractivity contribution in [1.82, 2.24) is 10.4 Å². The number of hydrogen-bond acceptors (Lipinski definition) is 6. The second kappa shape index (κ2) is 7.94. The van der Waals surface area contributed by atoms with Gasteiger partial charge in [0.2, 0.25) is 0 Å². The molecule has 1 saturated heterocycles. The van der Waals surface area contributed by atoms with Crippen LogP contribution in [0.15, 0.2) is 48.5 Å². The molecule has 0 saturated carbocycles. The van der Waals surface area contributed by atoms with E-state index in [0.29, 0.717) is 5.56 Å². The summed E-state index contributed by atoms with van der Waals surface area (Å²) in [5, 5.41) is 19.4. The third kappa shape index (κ3) is 4.16. The maximum Gasteiger partial charge on any atom is 0.274 e. The van der Waals surface area contributed by atoms with E-state index in [1.807, 2.05) is 12.1 Å². The van der Waals surface area contributed by atoms with Gasteiger partial charge in [0.15, 0.2) is 0 Å². The number of benzene rings is 2. The minimum absolute atomic E-state index is 0.103. The van der Waals surface area contributed by atoms with Gasteiger partial charge in [-0.3, -0.25) is 25.0 Å². The number of anilines is 1. The molecule has 0 aromatic heterocycles. The van der Waals surface area contributed by atoms with Crippen molar-refractivity contribution in [2.24, 2.45) is 0 Å². The summed E-state index contributed by atoms with van der Waals surface area (Å²) < 4.78 is 0. The van der Waals surface area contributed by atoms with Gasteiger partial charge in [0.05, 0.1) is 4.92 Å². The summed E-state index contributed by atoms with van der Waals surface area (Å²) in [6.07, 6.45) is 0. The first-order valence-electron chi connectivity index (χ1n) is 8.32. The molecule has 0 unspecified atom stereocenters. The zero-order valence-electron chi connectivity index (χ0n) is 14.2. The van der Waals surface area contributed by atoms with Gasteiger partial charge in [-0.1, -0.05) is 12.1 Å². The third-order valence-corrected chi connectivity index (χ3v) is 4.52. The maximum atomic E-state index is 11.3. The van der Waals surface area contributed by atoms with E-state index in [-0.39, 0.29) is 5.69 Å². The van der Waals surface area contributed by atoms with Gasteiger partial charge in [-0.15, -0.1) is 0 Å². The number of nitro groups is 1. The highest BCUT2D eigenvalue weighted by Gasteiger charge is 2.18. The standard InChI is InChI=1S/C18H20N4O4/c23-18(19-24)15-3-1-14(2-4-15)13-20-9-11-21(12-10-20)16-5-7-17(8-6-16)22(25)26/h1-8,24H,9-13H2,(H,19,23). The molecule has 1 fully saturated rings. The fourth-order valence-corrected chi connectivity index (χ4v) is 3.03. The van der Waals surface area contributed by atoms with Gasteiger partial charge in [0, 0.05) is 56.1 Å². The molecular weight excluding hydrogens is 336 g/mol. The van der Waals surface area contributed by atoms with E-state index < -0.39 is 10.8 Å². The molecule has 2 aromatic rings. The molecule has 3 rings (SSSR count). The van der Waals surface area contributed by atoms with Crippen molar-refractivity contribution < 1.29 is 14.9 Å². The summed E-state index contributed by atoms with van der Waals surface area (Å²) in [5.74, 6) is -0.520. The third-order valence-electron chi connectivity index (χ3n) is 4.52. The number of rotatable bonds is 5. The summed E-state index contributed by atoms with van der Waals surface area (Å²) >= 11 is 0. The van der Waals surface area contributed by atoms with E-state index in [0.717, 1.165) is 44.0 Å². The first kappa shape index (κ1) is 17.8. The number of nitrogens with zero attached hydrogens (tertiary/aromatic N) is 3. The van der Waals surface area contributed by atoms with E-state index >= 15 is 0 Å². The molecule has 0 radical (unpaired) electrons. The van der Waals surface area contributed by atoms with E-state index in [9.17, 15) is 14.9 Å². The largest absolute Gasteiger partial charge is 0.369 e. The average molecular weight is 356 g/mol. The zero-order valence-corrected chi connectivity index (χ0v) is 14.2. The molecule has 8 nitrogen and oxygen atoms in total. The quantitative estimate of drug-likeness (QED) is 0.483. The van der Waals surface area contributed by atoms with Gasteiger partial charge in [-0.25, -0.2) is 5.48 Å². The zero-order chi connectivity index (χ0) is 18.5. The van der Waals surface area contributed by atoms with Crippen LogP contribution in [0.2, 0.25) is 0 Å². The average Bonchev–Trinajstić information content (AvgIpc) is 2.68. The molecule has 0 bridgehead atoms. The van der Waals surface area contributed by atoms with Crippen LogP contribution in [-0.4, -0.2) is 47.1 Å². The minimum atomic E-state index is -0.520. The second-order valence-electron chi connectivity index (χ2n) is 6.17. The van der Waals surface area contributed by atoms with Crippen LogP contribution < -0.4 is 10.4 Å². The van der Waals surface area contributed by atoms with Crippen LogP contribution in [0.1, 0.15) is 15.9 Å². The predicted octanol–water partition coefficient (Wildman–Crippen LogP) is 2.04. The lowest BCUT2D eigenvalue weighted by Crippen LogP contribution is -2.45. The number of non-ortho nitro benzene ring substituents is 1. The van der Waals surface area contributed by atoms with Crippen LogP contribution in [0.25, 0.3) is 0 Å². The van der Waals surface area contributed by atoms with Crippen LogP contribution in [0, 0.1) is 10.1 Å². The summed E-state index contributed by atoms with van der Waals surface area (Å²) in [5.41, 5.74) is 4.23. The molecule has 8 heteroatoms. The van der Waals surface area contributed by atoms with Gasteiger partial charge in [-0.2, -0.15) is 0 Å². The Balaban J connectivity index is 1.53. The molecule has 0 atom stereocenters. The van der Waals surface area contributed by atoms with Crippen LogP contribution in [0.3, 0.4) is 0 Å². The molecular formula is C18H20N4O4. The fraction of sp³-hybridized carbons (Fsp3) is 0.278. The molecule has 1 heterocycles. The molecule has 136 valence electrons. The fourth-order valence-electron chi connectivity index (χ4n) is 3.03. The highest BCUT2D eigenvalue weighted by atomic mass is 16.6. The van der Waals surface area contributed by atoms with Crippen LogP contribution in [-0.2, 0) is 6.54 Å². The van der Waals surface area contributed by atoms with Crippen molar-refractivity contribution in [3.05, 3.63) is 69.8 Å². The van der Waals surface area contributed by atoms with Crippen LogP contribution in [0.4, 0.5) is 11.4 Å². The van der Waals surface area contributed by atoms with Crippen molar-refractivity contribution in [1.29, 1.82) is 0 Å². The summed E-state index contributed by atoms with van der Waals surface area (Å²) in [4.78, 5) is 26.2. The Morgan fingerprint density at radius 1 is 1.04 bits per heavy atom. The van der Waals surface area contributed by atoms with Gasteiger partial charge in [0.1, 0.15) is 0 Å². The Bertz CT molecular complexity index is 769. The van der Waals surface area contributed by atoms with Crippen molar-refractivity contribution >= 4 is 17.3 Å². The summed E-state index contributed by atoms with van der Waals surface area (Å²) in [7, 11) is 0. The number of nitro benzene ring substituents is 1. The monoisotopic (exact) mass is 356 g/mol. The van der Waals surface area contributed by atoms with E-state index in [2.05, 4.69) is 9.80 Å². The highest BCUT2D eigenvalue weighted by molar-refractivity contribution is 5.93. The predicted molar refractivity (Wildman–Crippen MR) is 96.3 cm³/mol.